The molecule has 0 aromatic heterocycles. The van der Waals surface area contributed by atoms with E-state index in [-0.39, 0.29) is 31.5 Å². The summed E-state index contributed by atoms with van der Waals surface area (Å²) in [6.45, 7) is -9.64. The summed E-state index contributed by atoms with van der Waals surface area (Å²) < 4.78 is 106. The Morgan fingerprint density at radius 3 is 2.08 bits per heavy atom. The zero-order chi connectivity index (χ0) is 41.2. The number of nitrogen functional groups attached to an aromatic ring is 1. The first kappa shape index (κ1) is 29.2. The van der Waals surface area contributed by atoms with E-state index in [1.807, 2.05) is 0 Å². The summed E-state index contributed by atoms with van der Waals surface area (Å²) in [5.41, 5.74) is 7.29. The molecule has 0 saturated heterocycles. The predicted molar refractivity (Wildman–Crippen MR) is 182 cm³/mol. The summed E-state index contributed by atoms with van der Waals surface area (Å²) in [5.74, 6) is -4.67. The van der Waals surface area contributed by atoms with Crippen molar-refractivity contribution in [3.05, 3.63) is 96.1 Å². The maximum atomic E-state index is 14.1. The number of hydrogen-bond acceptors (Lipinski definition) is 8. The van der Waals surface area contributed by atoms with E-state index in [1.54, 1.807) is 60.7 Å². The first-order chi connectivity index (χ1) is 25.5. The van der Waals surface area contributed by atoms with E-state index in [1.165, 1.54) is 12.1 Å². The number of alkyl carbamates (subject to hydrolysis) is 1. The first-order valence-corrected chi connectivity index (χ1v) is 17.8. The third kappa shape index (κ3) is 11.7. The maximum absolute atomic E-state index is 14.1. The minimum atomic E-state index is -5.26. The number of hydrogen-bond donors (Lipinski definition) is 5. The van der Waals surface area contributed by atoms with E-state index in [0.717, 1.165) is 19.2 Å². The fourth-order valence-corrected chi connectivity index (χ4v) is 7.02. The number of phosphoric acid groups is 1. The highest BCUT2D eigenvalue weighted by molar-refractivity contribution is 7.89. The molecule has 0 heterocycles. The smallest absolute Gasteiger partial charge is 0.453 e. The lowest BCUT2D eigenvalue weighted by atomic mass is 9.84. The molecule has 0 aliphatic heterocycles. The van der Waals surface area contributed by atoms with Crippen molar-refractivity contribution in [1.29, 1.82) is 0 Å². The van der Waals surface area contributed by atoms with Crippen LogP contribution in [0.2, 0.25) is 0 Å². The first-order valence-electron chi connectivity index (χ1n) is 18.3. The number of phosphoric ester groups is 1. The third-order valence-electron chi connectivity index (χ3n) is 7.30. The minimum Gasteiger partial charge on any atom is -0.453 e. The topological polar surface area (TPSA) is 198 Å². The van der Waals surface area contributed by atoms with Crippen molar-refractivity contribution in [2.24, 2.45) is 5.89 Å². The number of carbonyl (C=O) groups excluding carboxylic acids is 2. The summed E-state index contributed by atoms with van der Waals surface area (Å²) in [6, 6.07) is 19.7. The molecule has 3 aromatic carbocycles. The molecule has 262 valence electrons. The molecule has 0 spiro atoms. The summed E-state index contributed by atoms with van der Waals surface area (Å²) in [7, 11) is -8.99. The molecule has 0 aliphatic rings. The summed E-state index contributed by atoms with van der Waals surface area (Å²) in [4.78, 5) is 44.7. The number of unbranched alkanes of at least 4 members (excludes halogenated alkanes) is 1. The number of benzene rings is 3. The summed E-state index contributed by atoms with van der Waals surface area (Å²) >= 11 is 0. The second-order valence-electron chi connectivity index (χ2n) is 10.7. The van der Waals surface area contributed by atoms with Crippen LogP contribution in [0.3, 0.4) is 0 Å². The van der Waals surface area contributed by atoms with Gasteiger partial charge in [-0.15, -0.1) is 0 Å². The van der Waals surface area contributed by atoms with Gasteiger partial charge in [0.15, 0.2) is 0 Å². The van der Waals surface area contributed by atoms with Crippen molar-refractivity contribution in [2.45, 2.75) is 55.9 Å². The van der Waals surface area contributed by atoms with Gasteiger partial charge >= 0.3 is 13.9 Å². The second kappa shape index (κ2) is 18.1. The number of sulfonamides is 1. The molecule has 2 atom stereocenters. The van der Waals surface area contributed by atoms with E-state index in [9.17, 15) is 32.4 Å². The van der Waals surface area contributed by atoms with E-state index in [2.05, 4.69) is 15.2 Å². The van der Waals surface area contributed by atoms with Crippen LogP contribution in [-0.2, 0) is 28.6 Å². The molecule has 15 heteroatoms. The molecule has 3 rings (SSSR count). The number of rotatable bonds is 18. The monoisotopic (exact) mass is 711 g/mol. The Bertz CT molecular complexity index is 1820. The minimum absolute atomic E-state index is 0.00561. The second-order valence-corrected chi connectivity index (χ2v) is 13.9. The number of nitrogens with two attached hydrogens (primary N) is 1. The highest BCUT2D eigenvalue weighted by Crippen LogP contribution is 2.37. The lowest BCUT2D eigenvalue weighted by molar-refractivity contribution is -0.123. The lowest BCUT2D eigenvalue weighted by Gasteiger charge is -2.32. The molecule has 0 radical (unpaired) electrons. The Kier molecular flexibility index (Phi) is 11.0. The summed E-state index contributed by atoms with van der Waals surface area (Å²) in [6.07, 6.45) is -1.06. The Labute approximate surface area is 292 Å². The number of methoxy groups -OCH3 is 1. The van der Waals surface area contributed by atoms with Crippen molar-refractivity contribution in [1.82, 2.24) is 14.9 Å². The number of anilines is 1. The van der Waals surface area contributed by atoms with Gasteiger partial charge in [-0.2, -0.15) is 4.31 Å². The standard InChI is InChI=1S/C33H45N4O9PS/c1-24(2)22-37(48(43,44)29-19-17-27(34)18-20-29)28(23-46-47(40,41)42)16-10-11-21-35-32(38)31(36-33(39)45-3)30(25-12-6-4-7-13-25)26-14-8-5-9-15-26/h4-9,12-15,17-20,24,28,30-31H,10-11,16,21-23,34H2,1-3H3,(H,35,38)(H,36,39)(H2,40,41,42)/t28-,31-/m0/s1/i1D3,2D3,24D. The largest absolute Gasteiger partial charge is 0.469 e. The molecule has 0 fully saturated rings. The van der Waals surface area contributed by atoms with Crippen LogP contribution in [0.4, 0.5) is 10.5 Å². The number of amides is 2. The van der Waals surface area contributed by atoms with Gasteiger partial charge in [0.05, 0.1) is 18.6 Å². The molecule has 13 nitrogen and oxygen atoms in total. The van der Waals surface area contributed by atoms with Gasteiger partial charge < -0.3 is 30.9 Å². The van der Waals surface area contributed by atoms with E-state index in [4.69, 9.17) is 20.1 Å². The molecular weight excluding hydrogens is 659 g/mol. The van der Waals surface area contributed by atoms with Gasteiger partial charge in [0.25, 0.3) is 0 Å². The number of carbonyl (C=O) groups is 2. The van der Waals surface area contributed by atoms with E-state index in [0.29, 0.717) is 15.4 Å². The number of ether oxygens (including phenoxy) is 1. The van der Waals surface area contributed by atoms with Crippen LogP contribution in [0.5, 0.6) is 0 Å². The van der Waals surface area contributed by atoms with Gasteiger partial charge in [-0.3, -0.25) is 9.32 Å². The Hall–Kier alpha value is -3.78. The fourth-order valence-electron chi connectivity index (χ4n) is 5.05. The van der Waals surface area contributed by atoms with Gasteiger partial charge in [-0.1, -0.05) is 80.8 Å². The quantitative estimate of drug-likeness (QED) is 0.0723. The predicted octanol–water partition coefficient (Wildman–Crippen LogP) is 4.24. The molecule has 0 saturated carbocycles. The third-order valence-corrected chi connectivity index (χ3v) is 9.70. The Morgan fingerprint density at radius 1 is 0.979 bits per heavy atom. The molecule has 48 heavy (non-hydrogen) atoms. The maximum Gasteiger partial charge on any atom is 0.469 e. The van der Waals surface area contributed by atoms with E-state index < -0.39 is 85.5 Å². The highest BCUT2D eigenvalue weighted by atomic mass is 32.2. The van der Waals surface area contributed by atoms with Crippen molar-refractivity contribution in [2.75, 3.05) is 32.5 Å². The van der Waals surface area contributed by atoms with Crippen LogP contribution in [0, 0.1) is 5.89 Å². The highest BCUT2D eigenvalue weighted by Gasteiger charge is 2.35. The van der Waals surface area contributed by atoms with Crippen LogP contribution < -0.4 is 16.4 Å². The van der Waals surface area contributed by atoms with Crippen molar-refractivity contribution < 1.29 is 51.2 Å². The molecule has 0 aliphatic carbocycles. The molecule has 3 aromatic rings. The van der Waals surface area contributed by atoms with Crippen molar-refractivity contribution >= 4 is 35.5 Å². The fraction of sp³-hybridized carbons (Fsp3) is 0.394. The van der Waals surface area contributed by atoms with E-state index >= 15 is 0 Å². The Balaban J connectivity index is 1.93. The van der Waals surface area contributed by atoms with Crippen molar-refractivity contribution in [3.8, 4) is 0 Å². The zero-order valence-electron chi connectivity index (χ0n) is 33.2. The molecule has 0 bridgehead atoms. The molecule has 6 N–H and O–H groups in total. The van der Waals surface area contributed by atoms with Gasteiger partial charge in [-0.05, 0) is 54.1 Å². The molecular formula is C33H45N4O9PS. The molecule has 2 amide bonds. The van der Waals surface area contributed by atoms with Gasteiger partial charge in [0.1, 0.15) is 6.04 Å². The SMILES string of the molecule is [2H]C([2H])([2H])C([2H])(CN([C@@H](CCCCNC(=O)[C@@H](NC(=O)OC)C(c1ccccc1)c1ccccc1)COP(=O)(O)O)S(=O)(=O)c1ccc(N)cc1)C([2H])([2H])[2H]. The number of nitrogens with zero attached hydrogens (tertiary/aromatic N) is 1. The average molecular weight is 712 g/mol. The normalized spacial score (nSPS) is 16.2. The number of nitrogens with one attached hydrogen (secondary N) is 2. The average Bonchev–Trinajstić information content (AvgIpc) is 3.11. The lowest BCUT2D eigenvalue weighted by Crippen LogP contribution is -2.50. The van der Waals surface area contributed by atoms with Crippen LogP contribution >= 0.6 is 7.82 Å². The van der Waals surface area contributed by atoms with Gasteiger partial charge in [-0.25, -0.2) is 17.8 Å². The van der Waals surface area contributed by atoms with Crippen LogP contribution in [0.15, 0.2) is 89.8 Å². The van der Waals surface area contributed by atoms with Crippen LogP contribution in [0.25, 0.3) is 0 Å². The van der Waals surface area contributed by atoms with Gasteiger partial charge in [0, 0.05) is 40.3 Å². The van der Waals surface area contributed by atoms with Crippen LogP contribution in [0.1, 0.15) is 59.6 Å². The summed E-state index contributed by atoms with van der Waals surface area (Å²) in [5, 5.41) is 5.34. The van der Waals surface area contributed by atoms with Crippen molar-refractivity contribution in [3.63, 3.8) is 0 Å². The molecule has 0 unspecified atom stereocenters. The van der Waals surface area contributed by atoms with Gasteiger partial charge in [0.2, 0.25) is 15.9 Å². The Morgan fingerprint density at radius 2 is 1.56 bits per heavy atom. The van der Waals surface area contributed by atoms with Crippen LogP contribution in [-0.4, -0.2) is 73.4 Å². The zero-order valence-corrected chi connectivity index (χ0v) is 27.9.